The van der Waals surface area contributed by atoms with Crippen molar-refractivity contribution in [2.24, 2.45) is 5.84 Å². The summed E-state index contributed by atoms with van der Waals surface area (Å²) >= 11 is 1.86. The monoisotopic (exact) mass is 280 g/mol. The van der Waals surface area contributed by atoms with Gasteiger partial charge in [-0.15, -0.1) is 0 Å². The number of nitrogens with two attached hydrogens (primary N) is 1. The van der Waals surface area contributed by atoms with Gasteiger partial charge in [0.25, 0.3) is 0 Å². The molecule has 3 rings (SSSR count). The van der Waals surface area contributed by atoms with Crippen molar-refractivity contribution in [1.29, 1.82) is 0 Å². The Morgan fingerprint density at radius 2 is 2.11 bits per heavy atom. The molecule has 0 saturated heterocycles. The topological polar surface area (TPSA) is 73.1 Å². The van der Waals surface area contributed by atoms with Crippen molar-refractivity contribution in [1.82, 2.24) is 9.97 Å². The largest absolute Gasteiger partial charge is 0.367 e. The number of fused-ring (bicyclic) bond motifs is 1. The average Bonchev–Trinajstić information content (AvgIpc) is 3.06. The molecule has 0 aromatic carbocycles. The van der Waals surface area contributed by atoms with Crippen molar-refractivity contribution in [3.63, 3.8) is 0 Å². The molecule has 1 fully saturated rings. The number of hydrogen-bond acceptors (Lipinski definition) is 6. The van der Waals surface area contributed by atoms with Crippen LogP contribution in [0.3, 0.4) is 0 Å². The number of nitrogens with one attached hydrogen (secondary N) is 1. The second-order valence-electron chi connectivity index (χ2n) is 5.09. The Labute approximate surface area is 117 Å². The van der Waals surface area contributed by atoms with Gasteiger partial charge in [0.15, 0.2) is 5.82 Å². The highest BCUT2D eigenvalue weighted by atomic mass is 32.2. The summed E-state index contributed by atoms with van der Waals surface area (Å²) in [6.45, 7) is 2.73. The Morgan fingerprint density at radius 1 is 1.32 bits per heavy atom. The molecule has 1 saturated carbocycles. The van der Waals surface area contributed by atoms with Gasteiger partial charge in [0.1, 0.15) is 11.4 Å². The van der Waals surface area contributed by atoms with Gasteiger partial charge < -0.3 is 10.2 Å². The summed E-state index contributed by atoms with van der Waals surface area (Å²) in [4.78, 5) is 9.43. The van der Waals surface area contributed by atoms with Crippen LogP contribution in [0.4, 0.5) is 5.82 Å². The minimum atomic E-state index is -0.289. The van der Waals surface area contributed by atoms with Crippen LogP contribution in [0.2, 0.25) is 0 Å². The van der Waals surface area contributed by atoms with Crippen molar-refractivity contribution in [2.75, 3.05) is 12.0 Å². The molecule has 1 aromatic rings. The first-order chi connectivity index (χ1) is 9.29. The highest BCUT2D eigenvalue weighted by Crippen LogP contribution is 2.42. The van der Waals surface area contributed by atoms with E-state index in [1.165, 1.54) is 12.8 Å². The highest BCUT2D eigenvalue weighted by Gasteiger charge is 2.40. The van der Waals surface area contributed by atoms with Gasteiger partial charge in [0, 0.05) is 23.7 Å². The standard InChI is InChI=1S/C13H20N4OS/c1-2-18-13(5-3-4-6-13)12-15-10-8-19-7-9(10)11(16-12)17-14/h2-8,14H2,1H3,(H,15,16,17). The van der Waals surface area contributed by atoms with E-state index in [2.05, 4.69) is 10.4 Å². The Kier molecular flexibility index (Phi) is 3.64. The lowest BCUT2D eigenvalue weighted by molar-refractivity contribution is -0.0457. The summed E-state index contributed by atoms with van der Waals surface area (Å²) in [5.41, 5.74) is 4.71. The molecule has 2 heterocycles. The van der Waals surface area contributed by atoms with E-state index in [4.69, 9.17) is 15.6 Å². The lowest BCUT2D eigenvalue weighted by atomic mass is 10.0. The molecular weight excluding hydrogens is 260 g/mol. The molecule has 6 heteroatoms. The van der Waals surface area contributed by atoms with Gasteiger partial charge >= 0.3 is 0 Å². The fourth-order valence-corrected chi connectivity index (χ4v) is 4.07. The summed E-state index contributed by atoms with van der Waals surface area (Å²) in [5, 5.41) is 0. The van der Waals surface area contributed by atoms with Crippen LogP contribution in [0.15, 0.2) is 0 Å². The van der Waals surface area contributed by atoms with Crippen molar-refractivity contribution in [2.45, 2.75) is 49.7 Å². The minimum Gasteiger partial charge on any atom is -0.367 e. The van der Waals surface area contributed by atoms with Gasteiger partial charge in [-0.25, -0.2) is 15.8 Å². The van der Waals surface area contributed by atoms with Gasteiger partial charge in [-0.3, -0.25) is 0 Å². The Balaban J connectivity index is 2.04. The van der Waals surface area contributed by atoms with Crippen LogP contribution in [-0.2, 0) is 21.8 Å². The van der Waals surface area contributed by atoms with Gasteiger partial charge in [-0.05, 0) is 32.6 Å². The van der Waals surface area contributed by atoms with Crippen LogP contribution in [0.5, 0.6) is 0 Å². The number of ether oxygens (including phenoxy) is 1. The minimum absolute atomic E-state index is 0.289. The second kappa shape index (κ2) is 5.26. The third kappa shape index (κ3) is 2.22. The molecule has 104 valence electrons. The molecular formula is C13H20N4OS. The Bertz CT molecular complexity index is 474. The molecule has 0 atom stereocenters. The molecule has 0 unspecified atom stereocenters. The molecule has 3 N–H and O–H groups in total. The van der Waals surface area contributed by atoms with E-state index >= 15 is 0 Å². The number of nitrogens with zero attached hydrogens (tertiary/aromatic N) is 2. The number of nitrogen functional groups attached to an aromatic ring is 1. The number of rotatable bonds is 4. The van der Waals surface area contributed by atoms with Gasteiger partial charge in [0.2, 0.25) is 0 Å². The molecule has 0 spiro atoms. The lowest BCUT2D eigenvalue weighted by Crippen LogP contribution is -2.30. The second-order valence-corrected chi connectivity index (χ2v) is 6.08. The fraction of sp³-hybridized carbons (Fsp3) is 0.692. The number of thioether (sulfide) groups is 1. The summed E-state index contributed by atoms with van der Waals surface area (Å²) in [6, 6.07) is 0. The first-order valence-corrected chi connectivity index (χ1v) is 8.03. The van der Waals surface area contributed by atoms with Crippen LogP contribution in [-0.4, -0.2) is 16.6 Å². The van der Waals surface area contributed by atoms with Crippen LogP contribution >= 0.6 is 11.8 Å². The fourth-order valence-electron chi connectivity index (χ4n) is 3.03. The van der Waals surface area contributed by atoms with Gasteiger partial charge in [-0.1, -0.05) is 0 Å². The quantitative estimate of drug-likeness (QED) is 0.651. The summed E-state index contributed by atoms with van der Waals surface area (Å²) in [5.74, 6) is 9.10. The first-order valence-electron chi connectivity index (χ1n) is 6.87. The Hall–Kier alpha value is -0.850. The molecule has 0 radical (unpaired) electrons. The van der Waals surface area contributed by atoms with Crippen molar-refractivity contribution < 1.29 is 4.74 Å². The van der Waals surface area contributed by atoms with E-state index in [1.807, 2.05) is 18.7 Å². The summed E-state index contributed by atoms with van der Waals surface area (Å²) in [6.07, 6.45) is 4.38. The molecule has 2 aliphatic rings. The maximum absolute atomic E-state index is 6.04. The molecule has 1 aliphatic heterocycles. The van der Waals surface area contributed by atoms with E-state index in [1.54, 1.807) is 0 Å². The lowest BCUT2D eigenvalue weighted by Gasteiger charge is -2.28. The van der Waals surface area contributed by atoms with Crippen LogP contribution in [0, 0.1) is 0 Å². The van der Waals surface area contributed by atoms with E-state index in [0.717, 1.165) is 47.2 Å². The zero-order valence-corrected chi connectivity index (χ0v) is 12.1. The van der Waals surface area contributed by atoms with Crippen LogP contribution < -0.4 is 11.3 Å². The van der Waals surface area contributed by atoms with Crippen LogP contribution in [0.1, 0.15) is 49.7 Å². The van der Waals surface area contributed by atoms with Crippen LogP contribution in [0.25, 0.3) is 0 Å². The van der Waals surface area contributed by atoms with E-state index in [9.17, 15) is 0 Å². The van der Waals surface area contributed by atoms with Gasteiger partial charge in [0.05, 0.1) is 5.69 Å². The third-order valence-electron chi connectivity index (χ3n) is 3.95. The Morgan fingerprint density at radius 3 is 2.79 bits per heavy atom. The zero-order valence-electron chi connectivity index (χ0n) is 11.2. The highest BCUT2D eigenvalue weighted by molar-refractivity contribution is 7.98. The molecule has 1 aromatic heterocycles. The number of aromatic nitrogens is 2. The maximum Gasteiger partial charge on any atom is 0.162 e. The predicted octanol–water partition coefficient (Wildman–Crippen LogP) is 2.31. The summed E-state index contributed by atoms with van der Waals surface area (Å²) in [7, 11) is 0. The third-order valence-corrected chi connectivity index (χ3v) is 4.92. The first kappa shape index (κ1) is 13.1. The van der Waals surface area contributed by atoms with Crippen molar-refractivity contribution >= 4 is 17.6 Å². The normalized spacial score (nSPS) is 20.5. The van der Waals surface area contributed by atoms with E-state index in [0.29, 0.717) is 6.61 Å². The molecule has 5 nitrogen and oxygen atoms in total. The average molecular weight is 280 g/mol. The van der Waals surface area contributed by atoms with Crippen molar-refractivity contribution in [3.8, 4) is 0 Å². The molecule has 0 amide bonds. The van der Waals surface area contributed by atoms with Gasteiger partial charge in [-0.2, -0.15) is 11.8 Å². The predicted molar refractivity (Wildman–Crippen MR) is 76.6 cm³/mol. The molecule has 19 heavy (non-hydrogen) atoms. The van der Waals surface area contributed by atoms with E-state index in [-0.39, 0.29) is 5.60 Å². The van der Waals surface area contributed by atoms with Crippen molar-refractivity contribution in [3.05, 3.63) is 17.1 Å². The zero-order chi connectivity index (χ0) is 13.3. The number of hydrazine groups is 1. The smallest absolute Gasteiger partial charge is 0.162 e. The SMILES string of the molecule is CCOC1(c2nc3c(c(NN)n2)CSC3)CCCC1. The molecule has 0 bridgehead atoms. The summed E-state index contributed by atoms with van der Waals surface area (Å²) < 4.78 is 6.04. The maximum atomic E-state index is 6.04. The number of hydrogen-bond donors (Lipinski definition) is 2. The number of anilines is 1. The van der Waals surface area contributed by atoms with E-state index < -0.39 is 0 Å². The molecule has 1 aliphatic carbocycles.